The number of aryl methyl sites for hydroxylation is 1. The Morgan fingerprint density at radius 3 is 2.56 bits per heavy atom. The van der Waals surface area contributed by atoms with Crippen LogP contribution in [0.1, 0.15) is 5.56 Å². The van der Waals surface area contributed by atoms with Crippen molar-refractivity contribution in [1.29, 1.82) is 0 Å². The van der Waals surface area contributed by atoms with Crippen molar-refractivity contribution in [3.05, 3.63) is 28.2 Å². The summed E-state index contributed by atoms with van der Waals surface area (Å²) in [6, 6.07) is 4.58. The number of rotatable bonds is 4. The lowest BCUT2D eigenvalue weighted by atomic mass is 10.2. The third kappa shape index (κ3) is 3.50. The molecule has 0 aliphatic heterocycles. The summed E-state index contributed by atoms with van der Waals surface area (Å²) in [4.78, 5) is -0.0428. The van der Waals surface area contributed by atoms with Crippen LogP contribution in [-0.2, 0) is 10.0 Å². The summed E-state index contributed by atoms with van der Waals surface area (Å²) in [5.74, 6) is 0. The summed E-state index contributed by atoms with van der Waals surface area (Å²) in [6.45, 7) is 0.913. The lowest BCUT2D eigenvalue weighted by Crippen LogP contribution is -2.28. The lowest BCUT2D eigenvalue weighted by Gasteiger charge is -2.08. The summed E-state index contributed by atoms with van der Waals surface area (Å²) in [5.41, 5.74) is 0.875. The summed E-state index contributed by atoms with van der Waals surface area (Å²) in [6.07, 6.45) is -2.71. The highest BCUT2D eigenvalue weighted by atomic mass is 79.9. The first-order valence-electron chi connectivity index (χ1n) is 4.37. The second kappa shape index (κ2) is 5.20. The number of sulfonamides is 1. The molecule has 0 aliphatic carbocycles. The molecule has 0 aliphatic rings. The van der Waals surface area contributed by atoms with Crippen LogP contribution in [0, 0.1) is 6.92 Å². The predicted octanol–water partition coefficient (Wildman–Crippen LogP) is 2.30. The van der Waals surface area contributed by atoms with Gasteiger partial charge in [0.1, 0.15) is 0 Å². The summed E-state index contributed by atoms with van der Waals surface area (Å²) in [5, 5.41) is 0. The van der Waals surface area contributed by atoms with Crippen LogP contribution in [0.2, 0.25) is 0 Å². The molecule has 1 N–H and O–H groups in total. The molecule has 0 unspecified atom stereocenters. The first-order valence-corrected chi connectivity index (χ1v) is 6.64. The number of alkyl halides is 2. The van der Waals surface area contributed by atoms with E-state index in [1.54, 1.807) is 19.1 Å². The van der Waals surface area contributed by atoms with Crippen LogP contribution in [-0.4, -0.2) is 21.4 Å². The molecule has 0 bridgehead atoms. The molecule has 0 heterocycles. The topological polar surface area (TPSA) is 46.2 Å². The van der Waals surface area contributed by atoms with Gasteiger partial charge in [-0.1, -0.05) is 6.07 Å². The molecule has 0 radical (unpaired) electrons. The maximum atomic E-state index is 11.9. The molecule has 0 saturated heterocycles. The summed E-state index contributed by atoms with van der Waals surface area (Å²) in [7, 11) is -3.88. The zero-order chi connectivity index (χ0) is 12.3. The van der Waals surface area contributed by atoms with Gasteiger partial charge >= 0.3 is 0 Å². The van der Waals surface area contributed by atoms with E-state index < -0.39 is 23.0 Å². The van der Waals surface area contributed by atoms with Gasteiger partial charge in [-0.15, -0.1) is 0 Å². The molecule has 1 aromatic carbocycles. The van der Waals surface area contributed by atoms with Crippen molar-refractivity contribution in [3.8, 4) is 0 Å². The minimum Gasteiger partial charge on any atom is -0.209 e. The summed E-state index contributed by atoms with van der Waals surface area (Å²) >= 11 is 3.08. The smallest absolute Gasteiger partial charge is 0.209 e. The number of halogens is 3. The van der Waals surface area contributed by atoms with E-state index in [2.05, 4.69) is 15.9 Å². The Hall–Kier alpha value is -0.530. The van der Waals surface area contributed by atoms with Gasteiger partial charge in [0.05, 0.1) is 11.4 Å². The van der Waals surface area contributed by atoms with E-state index in [9.17, 15) is 17.2 Å². The molecular formula is C9H10BrF2NO2S. The molecule has 90 valence electrons. The Morgan fingerprint density at radius 1 is 1.44 bits per heavy atom. The highest BCUT2D eigenvalue weighted by Crippen LogP contribution is 2.22. The molecule has 0 fully saturated rings. The van der Waals surface area contributed by atoms with Gasteiger partial charge in [0, 0.05) is 4.47 Å². The van der Waals surface area contributed by atoms with Crippen molar-refractivity contribution in [2.24, 2.45) is 0 Å². The fourth-order valence-electron chi connectivity index (χ4n) is 1.07. The molecule has 0 amide bonds. The van der Waals surface area contributed by atoms with Gasteiger partial charge in [-0.25, -0.2) is 21.9 Å². The van der Waals surface area contributed by atoms with Gasteiger partial charge in [-0.2, -0.15) is 0 Å². The van der Waals surface area contributed by atoms with Crippen molar-refractivity contribution >= 4 is 26.0 Å². The zero-order valence-corrected chi connectivity index (χ0v) is 10.8. The van der Waals surface area contributed by atoms with Crippen molar-refractivity contribution in [2.45, 2.75) is 18.2 Å². The van der Waals surface area contributed by atoms with Gasteiger partial charge in [-0.05, 0) is 40.5 Å². The molecule has 0 atom stereocenters. The largest absolute Gasteiger partial charge is 0.251 e. The third-order valence-electron chi connectivity index (χ3n) is 1.80. The molecule has 3 nitrogen and oxygen atoms in total. The van der Waals surface area contributed by atoms with Crippen LogP contribution in [0.3, 0.4) is 0 Å². The van der Waals surface area contributed by atoms with E-state index in [0.29, 0.717) is 4.47 Å². The Balaban J connectivity index is 2.99. The minimum atomic E-state index is -3.88. The van der Waals surface area contributed by atoms with Crippen LogP contribution in [0.25, 0.3) is 0 Å². The first-order chi connectivity index (χ1) is 7.33. The van der Waals surface area contributed by atoms with E-state index in [0.717, 1.165) is 5.56 Å². The van der Waals surface area contributed by atoms with Gasteiger partial charge in [0.15, 0.2) is 0 Å². The first kappa shape index (κ1) is 13.5. The standard InChI is InChI=1S/C9H10BrF2NO2S/c1-6-2-3-8(7(10)4-6)16(14,15)13-5-9(11)12/h2-4,9,13H,5H2,1H3. The van der Waals surface area contributed by atoms with Crippen LogP contribution in [0.5, 0.6) is 0 Å². The Bertz CT molecular complexity index is 476. The maximum Gasteiger partial charge on any atom is 0.251 e. The molecular weight excluding hydrogens is 304 g/mol. The highest BCUT2D eigenvalue weighted by Gasteiger charge is 2.18. The van der Waals surface area contributed by atoms with Gasteiger partial charge in [0.2, 0.25) is 10.0 Å². The number of benzene rings is 1. The minimum absolute atomic E-state index is 0.0428. The van der Waals surface area contributed by atoms with E-state index in [1.807, 2.05) is 4.72 Å². The van der Waals surface area contributed by atoms with E-state index in [4.69, 9.17) is 0 Å². The monoisotopic (exact) mass is 313 g/mol. The average molecular weight is 314 g/mol. The van der Waals surface area contributed by atoms with Crippen LogP contribution >= 0.6 is 15.9 Å². The third-order valence-corrected chi connectivity index (χ3v) is 4.20. The molecule has 0 spiro atoms. The molecule has 1 rings (SSSR count). The van der Waals surface area contributed by atoms with Gasteiger partial charge < -0.3 is 0 Å². The van der Waals surface area contributed by atoms with E-state index >= 15 is 0 Å². The number of nitrogens with one attached hydrogen (secondary N) is 1. The van der Waals surface area contributed by atoms with Crippen molar-refractivity contribution in [3.63, 3.8) is 0 Å². The van der Waals surface area contributed by atoms with Crippen LogP contribution in [0.4, 0.5) is 8.78 Å². The van der Waals surface area contributed by atoms with Gasteiger partial charge in [0.25, 0.3) is 6.43 Å². The fourth-order valence-corrected chi connectivity index (χ4v) is 3.27. The predicted molar refractivity (Wildman–Crippen MR) is 60.1 cm³/mol. The Morgan fingerprint density at radius 2 is 2.06 bits per heavy atom. The summed E-state index contributed by atoms with van der Waals surface area (Å²) < 4.78 is 49.2. The Kier molecular flexibility index (Phi) is 4.40. The van der Waals surface area contributed by atoms with Crippen molar-refractivity contribution in [2.75, 3.05) is 6.54 Å². The zero-order valence-electron chi connectivity index (χ0n) is 8.38. The van der Waals surface area contributed by atoms with E-state index in [-0.39, 0.29) is 4.90 Å². The lowest BCUT2D eigenvalue weighted by molar-refractivity contribution is 0.153. The fraction of sp³-hybridized carbons (Fsp3) is 0.333. The quantitative estimate of drug-likeness (QED) is 0.927. The van der Waals surface area contributed by atoms with Crippen molar-refractivity contribution < 1.29 is 17.2 Å². The molecule has 0 saturated carbocycles. The molecule has 0 aromatic heterocycles. The van der Waals surface area contributed by atoms with Crippen LogP contribution in [0.15, 0.2) is 27.6 Å². The van der Waals surface area contributed by atoms with Crippen LogP contribution < -0.4 is 4.72 Å². The second-order valence-electron chi connectivity index (χ2n) is 3.18. The SMILES string of the molecule is Cc1ccc(S(=O)(=O)NCC(F)F)c(Br)c1. The van der Waals surface area contributed by atoms with Crippen molar-refractivity contribution in [1.82, 2.24) is 4.72 Å². The average Bonchev–Trinajstić information content (AvgIpc) is 2.14. The normalized spacial score (nSPS) is 12.1. The Labute approximate surface area is 101 Å². The number of hydrogen-bond donors (Lipinski definition) is 1. The highest BCUT2D eigenvalue weighted by molar-refractivity contribution is 9.10. The maximum absolute atomic E-state index is 11.9. The molecule has 1 aromatic rings. The second-order valence-corrected chi connectivity index (χ2v) is 5.77. The number of hydrogen-bond acceptors (Lipinski definition) is 2. The molecule has 16 heavy (non-hydrogen) atoms. The van der Waals surface area contributed by atoms with E-state index in [1.165, 1.54) is 6.07 Å². The van der Waals surface area contributed by atoms with Gasteiger partial charge in [-0.3, -0.25) is 0 Å². The molecule has 7 heteroatoms.